The van der Waals surface area contributed by atoms with Crippen molar-refractivity contribution >= 4 is 34.9 Å². The van der Waals surface area contributed by atoms with E-state index in [1.54, 1.807) is 10.5 Å². The van der Waals surface area contributed by atoms with Crippen molar-refractivity contribution in [3.8, 4) is 11.6 Å². The van der Waals surface area contributed by atoms with Gasteiger partial charge in [-0.3, -0.25) is 0 Å². The van der Waals surface area contributed by atoms with Crippen molar-refractivity contribution in [2.24, 2.45) is 15.0 Å². The molecule has 0 unspecified atom stereocenters. The van der Waals surface area contributed by atoms with Crippen molar-refractivity contribution in [3.05, 3.63) is 84.0 Å². The molecule has 10 nitrogen and oxygen atoms in total. The van der Waals surface area contributed by atoms with Crippen LogP contribution >= 0.6 is 0 Å². The van der Waals surface area contributed by atoms with Gasteiger partial charge in [0.05, 0.1) is 34.4 Å². The Bertz CT molecular complexity index is 1640. The minimum atomic E-state index is -0.423. The molecule has 246 valence electrons. The number of ether oxygens (including phenoxy) is 1. The van der Waals surface area contributed by atoms with Crippen LogP contribution in [0.25, 0.3) is 0 Å². The second-order valence-electron chi connectivity index (χ2n) is 10.6. The molecule has 2 aliphatic heterocycles. The molecule has 10 heteroatoms. The molecular formula is C36H50N7O3+. The average molecular weight is 629 g/mol. The molecule has 1 aliphatic carbocycles. The maximum atomic E-state index is 11.7. The third-order valence-corrected chi connectivity index (χ3v) is 7.33. The van der Waals surface area contributed by atoms with E-state index >= 15 is 0 Å². The molecule has 0 bridgehead atoms. The highest BCUT2D eigenvalue weighted by Gasteiger charge is 2.32. The van der Waals surface area contributed by atoms with Gasteiger partial charge in [0.1, 0.15) is 18.0 Å². The predicted octanol–water partition coefficient (Wildman–Crippen LogP) is 5.62. The first-order valence-corrected chi connectivity index (χ1v) is 16.1. The summed E-state index contributed by atoms with van der Waals surface area (Å²) in [7, 11) is 4.02. The van der Waals surface area contributed by atoms with Crippen LogP contribution in [-0.2, 0) is 0 Å². The number of fused-ring (bicyclic) bond motifs is 2. The summed E-state index contributed by atoms with van der Waals surface area (Å²) in [5, 5.41) is 25.2. The highest BCUT2D eigenvalue weighted by molar-refractivity contribution is 5.98. The van der Waals surface area contributed by atoms with Crippen LogP contribution in [-0.4, -0.2) is 73.7 Å². The van der Waals surface area contributed by atoms with E-state index < -0.39 is 6.10 Å². The van der Waals surface area contributed by atoms with E-state index in [0.717, 1.165) is 47.1 Å². The number of benzene rings is 2. The van der Waals surface area contributed by atoms with E-state index in [1.165, 1.54) is 0 Å². The van der Waals surface area contributed by atoms with Crippen LogP contribution in [0.3, 0.4) is 0 Å². The fourth-order valence-corrected chi connectivity index (χ4v) is 5.15. The number of pyridine rings is 1. The summed E-state index contributed by atoms with van der Waals surface area (Å²) in [5.41, 5.74) is 6.82. The zero-order valence-corrected chi connectivity index (χ0v) is 28.4. The van der Waals surface area contributed by atoms with Crippen molar-refractivity contribution in [1.29, 1.82) is 0 Å². The molecule has 1 aromatic heterocycles. The third kappa shape index (κ3) is 8.18. The lowest BCUT2D eigenvalue weighted by Crippen LogP contribution is -2.49. The van der Waals surface area contributed by atoms with Crippen LogP contribution in [0.5, 0.6) is 11.6 Å². The Morgan fingerprint density at radius 2 is 1.76 bits per heavy atom. The number of aromatic hydroxyl groups is 1. The number of anilines is 3. The molecule has 3 heterocycles. The van der Waals surface area contributed by atoms with E-state index in [4.69, 9.17) is 9.73 Å². The fourth-order valence-electron chi connectivity index (χ4n) is 5.15. The number of nitrogens with zero attached hydrogens (tertiary/aromatic N) is 6. The number of guanidine groups is 1. The first-order valence-electron chi connectivity index (χ1n) is 16.1. The molecule has 0 radical (unpaired) electrons. The Morgan fingerprint density at radius 1 is 1.07 bits per heavy atom. The van der Waals surface area contributed by atoms with Gasteiger partial charge >= 0.3 is 17.3 Å². The van der Waals surface area contributed by atoms with Crippen LogP contribution in [0.4, 0.5) is 22.7 Å². The molecule has 0 amide bonds. The number of para-hydroxylation sites is 1. The van der Waals surface area contributed by atoms with Gasteiger partial charge in [0, 0.05) is 43.7 Å². The smallest absolute Gasteiger partial charge is 0.365 e. The van der Waals surface area contributed by atoms with Crippen LogP contribution in [0, 0.1) is 12.6 Å². The second kappa shape index (κ2) is 17.2. The third-order valence-electron chi connectivity index (χ3n) is 7.33. The van der Waals surface area contributed by atoms with Gasteiger partial charge in [-0.2, -0.15) is 14.2 Å². The number of aliphatic imine (C=N–C) groups is 2. The fraction of sp³-hybridized carbons (Fsp3) is 0.389. The Balaban J connectivity index is 0.000000908. The zero-order valence-electron chi connectivity index (χ0n) is 28.4. The summed E-state index contributed by atoms with van der Waals surface area (Å²) < 4.78 is 7.54. The number of rotatable bonds is 6. The molecule has 0 saturated heterocycles. The van der Waals surface area contributed by atoms with Crippen LogP contribution in [0.1, 0.15) is 51.7 Å². The number of hydrogen-bond donors (Lipinski definition) is 3. The molecule has 1 fully saturated rings. The molecule has 3 aromatic rings. The SMILES string of the molecule is C=C.CC.CC.Cc1cccc2c1NCCN2c1cc2c([n+](=C3CC(O)C3)c1O)=NC(=Nc1ccc(OCCN(C)C)cc1)N=C2. The van der Waals surface area contributed by atoms with Crippen molar-refractivity contribution < 1.29 is 19.2 Å². The average Bonchev–Trinajstić information content (AvgIpc) is 3.07. The van der Waals surface area contributed by atoms with Crippen molar-refractivity contribution in [1.82, 2.24) is 4.90 Å². The summed E-state index contributed by atoms with van der Waals surface area (Å²) in [6.45, 7) is 19.0. The summed E-state index contributed by atoms with van der Waals surface area (Å²) in [6.07, 6.45) is 2.26. The quantitative estimate of drug-likeness (QED) is 0.241. The molecule has 46 heavy (non-hydrogen) atoms. The Hall–Kier alpha value is -4.54. The van der Waals surface area contributed by atoms with Crippen LogP contribution in [0.15, 0.2) is 76.7 Å². The maximum Gasteiger partial charge on any atom is 0.365 e. The van der Waals surface area contributed by atoms with Gasteiger partial charge in [-0.1, -0.05) is 39.8 Å². The monoisotopic (exact) mass is 628 g/mol. The summed E-state index contributed by atoms with van der Waals surface area (Å²) in [4.78, 5) is 18.1. The number of hydrogen-bond acceptors (Lipinski definition) is 7. The summed E-state index contributed by atoms with van der Waals surface area (Å²) in [6, 6.07) is 15.6. The zero-order chi connectivity index (χ0) is 33.8. The minimum Gasteiger partial charge on any atom is -0.492 e. The number of aliphatic hydroxyl groups is 1. The highest BCUT2D eigenvalue weighted by Crippen LogP contribution is 2.39. The maximum absolute atomic E-state index is 11.7. The molecule has 3 aliphatic rings. The largest absolute Gasteiger partial charge is 0.492 e. The van der Waals surface area contributed by atoms with E-state index in [1.807, 2.05) is 78.2 Å². The van der Waals surface area contributed by atoms with E-state index in [9.17, 15) is 10.2 Å². The molecule has 0 atom stereocenters. The predicted molar refractivity (Wildman–Crippen MR) is 189 cm³/mol. The normalized spacial score (nSPS) is 16.5. The second-order valence-corrected chi connectivity index (χ2v) is 10.6. The standard InChI is InChI=1S/C30H33N7O3.2C2H6.C2H4/c1-19-5-4-6-25-27(19)31-11-12-36(25)26-15-20-18-32-30(34-28(20)37(29(26)39)22-16-23(38)17-22)33-21-7-9-24(10-8-21)40-14-13-35(2)3;3*1-2/h4-10,15,18,23,31,38H,11-14,16-17H2,1-3H3;2*1-2H3;1-2H2/p+1. The first-order chi connectivity index (χ1) is 22.4. The number of aryl methyl sites for hydroxylation is 1. The Kier molecular flexibility index (Phi) is 13.5. The minimum absolute atomic E-state index is 0.0904. The van der Waals surface area contributed by atoms with Gasteiger partial charge in [0.15, 0.2) is 0 Å². The number of aliphatic hydroxyl groups excluding tert-OH is 1. The summed E-state index contributed by atoms with van der Waals surface area (Å²) >= 11 is 0. The van der Waals surface area contributed by atoms with Gasteiger partial charge in [-0.05, 0) is 63.0 Å². The lowest BCUT2D eigenvalue weighted by atomic mass is 9.93. The molecule has 6 rings (SSSR count). The van der Waals surface area contributed by atoms with Crippen LogP contribution < -0.4 is 24.7 Å². The topological polar surface area (TPSA) is 111 Å². The molecule has 1 saturated carbocycles. The Morgan fingerprint density at radius 3 is 2.41 bits per heavy atom. The van der Waals surface area contributed by atoms with E-state index in [-0.39, 0.29) is 5.88 Å². The molecule has 0 spiro atoms. The van der Waals surface area contributed by atoms with Crippen molar-refractivity contribution in [2.45, 2.75) is 53.6 Å². The first kappa shape index (κ1) is 35.9. The summed E-state index contributed by atoms with van der Waals surface area (Å²) in [5.74, 6) is 1.16. The van der Waals surface area contributed by atoms with Crippen molar-refractivity contribution in [3.63, 3.8) is 0 Å². The van der Waals surface area contributed by atoms with Crippen molar-refractivity contribution in [2.75, 3.05) is 50.6 Å². The number of nitrogens with one attached hydrogen (secondary N) is 1. The lowest BCUT2D eigenvalue weighted by molar-refractivity contribution is -0.560. The molecular weight excluding hydrogens is 578 g/mol. The van der Waals surface area contributed by atoms with E-state index in [0.29, 0.717) is 48.8 Å². The lowest BCUT2D eigenvalue weighted by Gasteiger charge is -2.33. The molecule has 3 N–H and O–H groups in total. The van der Waals surface area contributed by atoms with Gasteiger partial charge in [-0.15, -0.1) is 13.2 Å². The van der Waals surface area contributed by atoms with Gasteiger partial charge < -0.3 is 30.1 Å². The highest BCUT2D eigenvalue weighted by atomic mass is 16.5. The van der Waals surface area contributed by atoms with Gasteiger partial charge in [0.25, 0.3) is 0 Å². The van der Waals surface area contributed by atoms with Gasteiger partial charge in [0.2, 0.25) is 0 Å². The van der Waals surface area contributed by atoms with Gasteiger partial charge in [-0.25, -0.2) is 0 Å². The number of aromatic nitrogens is 1. The molecule has 2 aromatic carbocycles. The number of likely N-dealkylation sites (N-methyl/N-ethyl adjacent to an activating group) is 1. The Labute approximate surface area is 273 Å². The van der Waals surface area contributed by atoms with Crippen LogP contribution in [0.2, 0.25) is 0 Å². The van der Waals surface area contributed by atoms with E-state index in [2.05, 4.69) is 57.3 Å².